The van der Waals surface area contributed by atoms with Gasteiger partial charge in [-0.2, -0.15) is 0 Å². The number of amides is 2. The van der Waals surface area contributed by atoms with E-state index in [1.165, 1.54) is 0 Å². The van der Waals surface area contributed by atoms with Gasteiger partial charge in [-0.15, -0.1) is 0 Å². The van der Waals surface area contributed by atoms with Crippen LogP contribution in [0.4, 0.5) is 10.5 Å². The summed E-state index contributed by atoms with van der Waals surface area (Å²) in [6, 6.07) is 20.0. The Morgan fingerprint density at radius 3 is 2.44 bits per heavy atom. The summed E-state index contributed by atoms with van der Waals surface area (Å²) in [5.74, 6) is 1.25. The normalized spacial score (nSPS) is 10.8. The van der Waals surface area contributed by atoms with Crippen LogP contribution >= 0.6 is 11.6 Å². The van der Waals surface area contributed by atoms with E-state index in [-0.39, 0.29) is 18.1 Å². The van der Waals surface area contributed by atoms with E-state index >= 15 is 0 Å². The summed E-state index contributed by atoms with van der Waals surface area (Å²) in [5.41, 5.74) is 3.70. The number of anilines is 1. The van der Waals surface area contributed by atoms with Crippen LogP contribution in [-0.4, -0.2) is 36.7 Å². The molecule has 2 amide bonds. The molecule has 4 rings (SSSR count). The number of benzene rings is 3. The van der Waals surface area contributed by atoms with Crippen molar-refractivity contribution < 1.29 is 14.3 Å². The van der Waals surface area contributed by atoms with E-state index < -0.39 is 0 Å². The van der Waals surface area contributed by atoms with E-state index in [9.17, 15) is 9.59 Å². The number of halogens is 1. The molecule has 36 heavy (non-hydrogen) atoms. The third-order valence-corrected chi connectivity index (χ3v) is 6.19. The second-order valence-electron chi connectivity index (χ2n) is 8.51. The first-order chi connectivity index (χ1) is 17.4. The number of nitrogens with one attached hydrogen (secondary N) is 2. The fourth-order valence-electron chi connectivity index (χ4n) is 3.97. The number of nitrogens with zero attached hydrogens (tertiary/aromatic N) is 1. The second-order valence-corrected chi connectivity index (χ2v) is 8.95. The molecule has 4 aromatic rings. The summed E-state index contributed by atoms with van der Waals surface area (Å²) in [6.45, 7) is 2.49. The molecule has 0 unspecified atom stereocenters. The molecule has 2 N–H and O–H groups in total. The fourth-order valence-corrected chi connectivity index (χ4v) is 4.10. The molecule has 1 aromatic heterocycles. The minimum absolute atomic E-state index is 0.145. The van der Waals surface area contributed by atoms with Crippen molar-refractivity contribution in [3.05, 3.63) is 98.8 Å². The van der Waals surface area contributed by atoms with E-state index in [0.29, 0.717) is 40.7 Å². The molecule has 0 saturated carbocycles. The summed E-state index contributed by atoms with van der Waals surface area (Å²) in [7, 11) is 3.17. The summed E-state index contributed by atoms with van der Waals surface area (Å²) >= 11 is 5.98. The average Bonchev–Trinajstić information content (AvgIpc) is 2.87. The van der Waals surface area contributed by atoms with Gasteiger partial charge in [0.15, 0.2) is 11.5 Å². The van der Waals surface area contributed by atoms with Crippen molar-refractivity contribution in [2.24, 2.45) is 0 Å². The highest BCUT2D eigenvalue weighted by Crippen LogP contribution is 2.28. The number of carbonyl (C=O) groups is 1. The van der Waals surface area contributed by atoms with Crippen molar-refractivity contribution in [2.45, 2.75) is 19.9 Å². The zero-order valence-electron chi connectivity index (χ0n) is 20.4. The molecule has 0 aliphatic heterocycles. The lowest BCUT2D eigenvalue weighted by Gasteiger charge is -2.23. The molecule has 186 valence electrons. The Morgan fingerprint density at radius 1 is 0.972 bits per heavy atom. The second kappa shape index (κ2) is 11.2. The number of aryl methyl sites for hydroxylation is 1. The van der Waals surface area contributed by atoms with Gasteiger partial charge in [-0.05, 0) is 78.4 Å². The lowest BCUT2D eigenvalue weighted by molar-refractivity contribution is 0.209. The van der Waals surface area contributed by atoms with Crippen LogP contribution in [0.2, 0.25) is 5.02 Å². The van der Waals surface area contributed by atoms with Gasteiger partial charge in [-0.3, -0.25) is 4.79 Å². The molecule has 0 aliphatic carbocycles. The van der Waals surface area contributed by atoms with Gasteiger partial charge in [0.2, 0.25) is 0 Å². The van der Waals surface area contributed by atoms with Gasteiger partial charge in [0.1, 0.15) is 0 Å². The maximum Gasteiger partial charge on any atom is 0.322 e. The Balaban J connectivity index is 1.60. The molecule has 1 heterocycles. The van der Waals surface area contributed by atoms with E-state index in [4.69, 9.17) is 21.1 Å². The molecule has 0 fully saturated rings. The molecule has 0 aliphatic rings. The van der Waals surface area contributed by atoms with Gasteiger partial charge in [-0.25, -0.2) is 4.79 Å². The monoisotopic (exact) mass is 505 g/mol. The smallest absolute Gasteiger partial charge is 0.322 e. The largest absolute Gasteiger partial charge is 0.493 e. The van der Waals surface area contributed by atoms with Crippen molar-refractivity contribution >= 4 is 34.2 Å². The lowest BCUT2D eigenvalue weighted by atomic mass is 10.1. The Morgan fingerprint density at radius 2 is 1.72 bits per heavy atom. The first kappa shape index (κ1) is 25.1. The standard InChI is InChI=1S/C28H28ClN3O4/c1-18-4-6-20-16-21(27(33)31-24(20)14-18)17-32(28(34)30-23-9-7-22(29)8-10-23)13-12-19-5-11-25(35-2)26(15-19)36-3/h4-11,14-16H,12-13,17H2,1-3H3,(H,30,34)(H,31,33). The number of pyridine rings is 1. The van der Waals surface area contributed by atoms with Gasteiger partial charge in [0, 0.05) is 28.3 Å². The third kappa shape index (κ3) is 5.98. The number of aromatic amines is 1. The van der Waals surface area contributed by atoms with Crippen molar-refractivity contribution in [3.8, 4) is 11.5 Å². The summed E-state index contributed by atoms with van der Waals surface area (Å²) in [5, 5.41) is 4.39. The molecular formula is C28H28ClN3O4. The molecule has 7 nitrogen and oxygen atoms in total. The van der Waals surface area contributed by atoms with Crippen molar-refractivity contribution in [1.29, 1.82) is 0 Å². The number of ether oxygens (including phenoxy) is 2. The van der Waals surface area contributed by atoms with Crippen LogP contribution in [0.15, 0.2) is 71.5 Å². The van der Waals surface area contributed by atoms with Crippen molar-refractivity contribution in [3.63, 3.8) is 0 Å². The number of hydrogen-bond acceptors (Lipinski definition) is 4. The molecule has 0 radical (unpaired) electrons. The number of carbonyl (C=O) groups excluding carboxylic acids is 1. The van der Waals surface area contributed by atoms with Crippen LogP contribution in [0.1, 0.15) is 16.7 Å². The Labute approximate surface area is 214 Å². The molecule has 0 atom stereocenters. The van der Waals surface area contributed by atoms with E-state index in [1.54, 1.807) is 43.4 Å². The molecule has 0 bridgehead atoms. The van der Waals surface area contributed by atoms with Crippen LogP contribution in [-0.2, 0) is 13.0 Å². The Hall–Kier alpha value is -3.97. The molecule has 3 aromatic carbocycles. The Kier molecular flexibility index (Phi) is 7.80. The lowest BCUT2D eigenvalue weighted by Crippen LogP contribution is -2.37. The maximum atomic E-state index is 13.3. The number of urea groups is 1. The molecule has 8 heteroatoms. The van der Waals surface area contributed by atoms with Crippen LogP contribution in [0.25, 0.3) is 10.9 Å². The van der Waals surface area contributed by atoms with Crippen LogP contribution in [0.3, 0.4) is 0 Å². The predicted molar refractivity (Wildman–Crippen MR) is 143 cm³/mol. The number of fused-ring (bicyclic) bond motifs is 1. The number of methoxy groups -OCH3 is 2. The van der Waals surface area contributed by atoms with Crippen molar-refractivity contribution in [2.75, 3.05) is 26.1 Å². The zero-order valence-corrected chi connectivity index (χ0v) is 21.2. The van der Waals surface area contributed by atoms with Crippen LogP contribution in [0.5, 0.6) is 11.5 Å². The minimum atomic E-state index is -0.318. The summed E-state index contributed by atoms with van der Waals surface area (Å²) < 4.78 is 10.7. The fraction of sp³-hybridized carbons (Fsp3) is 0.214. The van der Waals surface area contributed by atoms with Gasteiger partial charge in [0.05, 0.1) is 20.8 Å². The first-order valence-corrected chi connectivity index (χ1v) is 11.9. The maximum absolute atomic E-state index is 13.3. The van der Waals surface area contributed by atoms with Gasteiger partial charge >= 0.3 is 6.03 Å². The predicted octanol–water partition coefficient (Wildman–Crippen LogP) is 5.78. The van der Waals surface area contributed by atoms with Gasteiger partial charge in [0.25, 0.3) is 5.56 Å². The van der Waals surface area contributed by atoms with Crippen molar-refractivity contribution in [1.82, 2.24) is 9.88 Å². The first-order valence-electron chi connectivity index (χ1n) is 11.5. The Bertz CT molecular complexity index is 1430. The topological polar surface area (TPSA) is 83.7 Å². The van der Waals surface area contributed by atoms with E-state index in [0.717, 1.165) is 22.0 Å². The highest BCUT2D eigenvalue weighted by Gasteiger charge is 2.17. The number of aromatic nitrogens is 1. The zero-order chi connectivity index (χ0) is 25.7. The third-order valence-electron chi connectivity index (χ3n) is 5.94. The van der Waals surface area contributed by atoms with E-state index in [1.807, 2.05) is 49.4 Å². The van der Waals surface area contributed by atoms with Crippen LogP contribution < -0.4 is 20.3 Å². The molecular weight excluding hydrogens is 478 g/mol. The average molecular weight is 506 g/mol. The summed E-state index contributed by atoms with van der Waals surface area (Å²) in [4.78, 5) is 30.7. The van der Waals surface area contributed by atoms with E-state index in [2.05, 4.69) is 10.3 Å². The van der Waals surface area contributed by atoms with Gasteiger partial charge in [-0.1, -0.05) is 29.8 Å². The van der Waals surface area contributed by atoms with Gasteiger partial charge < -0.3 is 24.7 Å². The minimum Gasteiger partial charge on any atom is -0.493 e. The number of rotatable bonds is 8. The highest BCUT2D eigenvalue weighted by molar-refractivity contribution is 6.30. The highest BCUT2D eigenvalue weighted by atomic mass is 35.5. The molecule has 0 spiro atoms. The SMILES string of the molecule is COc1ccc(CCN(Cc2cc3ccc(C)cc3[nH]c2=O)C(=O)Nc2ccc(Cl)cc2)cc1OC. The molecule has 0 saturated heterocycles. The number of hydrogen-bond donors (Lipinski definition) is 2. The van der Waals surface area contributed by atoms with Crippen LogP contribution in [0, 0.1) is 6.92 Å². The summed E-state index contributed by atoms with van der Waals surface area (Å²) in [6.07, 6.45) is 0.555. The number of H-pyrrole nitrogens is 1. The quantitative estimate of drug-likeness (QED) is 0.318.